The van der Waals surface area contributed by atoms with Crippen LogP contribution in [0.5, 0.6) is 0 Å². The second kappa shape index (κ2) is 11.7. The summed E-state index contributed by atoms with van der Waals surface area (Å²) in [7, 11) is 0. The molecule has 222 valence electrons. The molecule has 3 aromatic carbocycles. The molecular weight excluding hydrogens is 536 g/mol. The maximum absolute atomic E-state index is 9.31. The van der Waals surface area contributed by atoms with E-state index in [-0.39, 0.29) is 5.56 Å². The van der Waals surface area contributed by atoms with Crippen molar-refractivity contribution >= 4 is 22.1 Å². The zero-order valence-electron chi connectivity index (χ0n) is 31.9. The number of nitrogens with zero attached hydrogens (tertiary/aromatic N) is 2. The van der Waals surface area contributed by atoms with Gasteiger partial charge >= 0.3 is 0 Å². The molecule has 1 aliphatic rings. The highest BCUT2D eigenvalue weighted by Gasteiger charge is 2.23. The van der Waals surface area contributed by atoms with Crippen LogP contribution in [0.25, 0.3) is 55.7 Å². The first-order valence-electron chi connectivity index (χ1n) is 18.6. The summed E-state index contributed by atoms with van der Waals surface area (Å²) in [5.74, 6) is -2.96. The fourth-order valence-corrected chi connectivity index (χ4v) is 6.82. The highest BCUT2D eigenvalue weighted by atomic mass is 16.3. The highest BCUT2D eigenvalue weighted by molar-refractivity contribution is 6.08. The van der Waals surface area contributed by atoms with Crippen LogP contribution in [0.3, 0.4) is 0 Å². The minimum Gasteiger partial charge on any atom is -0.437 e. The molecule has 0 unspecified atom stereocenters. The van der Waals surface area contributed by atoms with E-state index in [1.807, 2.05) is 100 Å². The van der Waals surface area contributed by atoms with E-state index >= 15 is 0 Å². The van der Waals surface area contributed by atoms with E-state index in [1.165, 1.54) is 0 Å². The van der Waals surface area contributed by atoms with Gasteiger partial charge in [-0.2, -0.15) is 0 Å². The number of fused-ring (bicyclic) bond motifs is 3. The lowest BCUT2D eigenvalue weighted by molar-refractivity contribution is 0.441. The fourth-order valence-electron chi connectivity index (χ4n) is 6.82. The number of benzene rings is 3. The highest BCUT2D eigenvalue weighted by Crippen LogP contribution is 2.43. The van der Waals surface area contributed by atoms with Gasteiger partial charge in [0.25, 0.3) is 0 Å². The molecule has 1 fully saturated rings. The molecule has 3 heteroatoms. The van der Waals surface area contributed by atoms with Gasteiger partial charge in [-0.1, -0.05) is 102 Å². The van der Waals surface area contributed by atoms with Crippen LogP contribution >= 0.6 is 0 Å². The van der Waals surface area contributed by atoms with Crippen LogP contribution in [0.4, 0.5) is 0 Å². The topological polar surface area (TPSA) is 38.9 Å². The quantitative estimate of drug-likeness (QED) is 0.195. The Labute approximate surface area is 269 Å². The molecule has 44 heavy (non-hydrogen) atoms. The van der Waals surface area contributed by atoms with Crippen molar-refractivity contribution in [1.82, 2.24) is 9.97 Å². The standard InChI is InChI=1S/C41H42N2O/c1-25(2)30-19-20-31(28-13-8-6-9-14-28)38(26(3)4)39(30)36-22-21-33-32-17-12-18-34(40(32)44-41(33)43-36)37-23-27(5)35(24-42-37)29-15-10-7-11-16-29/h6,8-9,12-14,17-26,29H,7,10-11,15-16H2,1-5H3/i5D3,25D,26D,29D. The van der Waals surface area contributed by atoms with Crippen molar-refractivity contribution in [3.05, 3.63) is 107 Å². The first-order chi connectivity index (χ1) is 23.6. The predicted molar refractivity (Wildman–Crippen MR) is 184 cm³/mol. The Morgan fingerprint density at radius 2 is 1.64 bits per heavy atom. The molecule has 3 heterocycles. The molecule has 1 saturated carbocycles. The lowest BCUT2D eigenvalue weighted by atomic mass is 9.82. The molecule has 0 atom stereocenters. The van der Waals surface area contributed by atoms with Crippen molar-refractivity contribution in [3.8, 4) is 33.6 Å². The van der Waals surface area contributed by atoms with Crippen LogP contribution < -0.4 is 0 Å². The molecule has 7 rings (SSSR count). The van der Waals surface area contributed by atoms with E-state index in [4.69, 9.17) is 19.9 Å². The summed E-state index contributed by atoms with van der Waals surface area (Å²) in [6, 6.07) is 25.3. The average Bonchev–Trinajstić information content (AvgIpc) is 3.45. The minimum atomic E-state index is -2.41. The van der Waals surface area contributed by atoms with E-state index in [0.29, 0.717) is 46.7 Å². The van der Waals surface area contributed by atoms with Gasteiger partial charge in [-0.05, 0) is 95.0 Å². The molecular formula is C41H42N2O. The predicted octanol–water partition coefficient (Wildman–Crippen LogP) is 12.0. The van der Waals surface area contributed by atoms with E-state index in [1.54, 1.807) is 12.3 Å². The first kappa shape index (κ1) is 22.3. The van der Waals surface area contributed by atoms with Gasteiger partial charge in [0.2, 0.25) is 5.71 Å². The molecule has 0 radical (unpaired) electrons. The zero-order valence-corrected chi connectivity index (χ0v) is 25.9. The van der Waals surface area contributed by atoms with Crippen molar-refractivity contribution in [2.24, 2.45) is 0 Å². The van der Waals surface area contributed by atoms with Gasteiger partial charge < -0.3 is 4.42 Å². The lowest BCUT2D eigenvalue weighted by Gasteiger charge is -2.23. The number of hydrogen-bond donors (Lipinski definition) is 0. The van der Waals surface area contributed by atoms with E-state index in [0.717, 1.165) is 57.9 Å². The minimum absolute atomic E-state index is 0.169. The van der Waals surface area contributed by atoms with Gasteiger partial charge in [0, 0.05) is 36.3 Å². The molecule has 6 aromatic rings. The maximum Gasteiger partial charge on any atom is 0.227 e. The summed E-state index contributed by atoms with van der Waals surface area (Å²) in [5.41, 5.74) is 7.55. The third-order valence-electron chi connectivity index (χ3n) is 8.97. The summed E-state index contributed by atoms with van der Waals surface area (Å²) in [4.78, 5) is 9.83. The molecule has 0 aliphatic heterocycles. The van der Waals surface area contributed by atoms with Gasteiger partial charge in [-0.3, -0.25) is 4.98 Å². The Morgan fingerprint density at radius 3 is 2.39 bits per heavy atom. The molecule has 0 amide bonds. The number of pyridine rings is 2. The Kier molecular flexibility index (Phi) is 5.92. The first-order valence-corrected chi connectivity index (χ1v) is 15.6. The van der Waals surface area contributed by atoms with Crippen molar-refractivity contribution in [1.29, 1.82) is 0 Å². The van der Waals surface area contributed by atoms with Crippen molar-refractivity contribution in [2.45, 2.75) is 84.3 Å². The molecule has 0 spiro atoms. The third kappa shape index (κ3) is 5.03. The maximum atomic E-state index is 9.31. The van der Waals surface area contributed by atoms with Crippen LogP contribution in [0.15, 0.2) is 89.5 Å². The average molecular weight is 585 g/mol. The van der Waals surface area contributed by atoms with Gasteiger partial charge in [0.1, 0.15) is 5.58 Å². The number of aromatic nitrogens is 2. The lowest BCUT2D eigenvalue weighted by Crippen LogP contribution is -2.07. The van der Waals surface area contributed by atoms with E-state index < -0.39 is 24.5 Å². The van der Waals surface area contributed by atoms with Gasteiger partial charge in [-0.15, -0.1) is 0 Å². The van der Waals surface area contributed by atoms with E-state index in [2.05, 4.69) is 0 Å². The van der Waals surface area contributed by atoms with Crippen LogP contribution in [-0.4, -0.2) is 9.97 Å². The molecule has 0 saturated heterocycles. The van der Waals surface area contributed by atoms with Crippen LogP contribution in [0.2, 0.25) is 0 Å². The molecule has 1 aliphatic carbocycles. The Morgan fingerprint density at radius 1 is 0.818 bits per heavy atom. The summed E-state index contributed by atoms with van der Waals surface area (Å²) in [6.45, 7) is 5.03. The van der Waals surface area contributed by atoms with Gasteiger partial charge in [0.15, 0.2) is 0 Å². The molecule has 3 nitrogen and oxygen atoms in total. The van der Waals surface area contributed by atoms with Crippen molar-refractivity contribution < 1.29 is 12.6 Å². The smallest absolute Gasteiger partial charge is 0.227 e. The molecule has 0 N–H and O–H groups in total. The normalized spacial score (nSPS) is 17.8. The summed E-state index contributed by atoms with van der Waals surface area (Å²) < 4.78 is 59.3. The fraction of sp³-hybridized carbons (Fsp3) is 0.317. The monoisotopic (exact) mass is 584 g/mol. The van der Waals surface area contributed by atoms with Crippen molar-refractivity contribution in [3.63, 3.8) is 0 Å². The number of rotatable bonds is 6. The molecule has 3 aromatic heterocycles. The number of furan rings is 1. The number of hydrogen-bond acceptors (Lipinski definition) is 3. The largest absolute Gasteiger partial charge is 0.437 e. The number of aryl methyl sites for hydroxylation is 1. The zero-order chi connectivity index (χ0) is 35.6. The summed E-state index contributed by atoms with van der Waals surface area (Å²) in [6.07, 6.45) is 5.70. The van der Waals surface area contributed by atoms with E-state index in [9.17, 15) is 2.74 Å². The van der Waals surface area contributed by atoms with Crippen molar-refractivity contribution in [2.75, 3.05) is 0 Å². The Balaban J connectivity index is 1.43. The summed E-state index contributed by atoms with van der Waals surface area (Å²) in [5, 5.41) is 1.62. The second-order valence-corrected chi connectivity index (χ2v) is 12.4. The van der Waals surface area contributed by atoms with Gasteiger partial charge in [-0.25, -0.2) is 4.98 Å². The van der Waals surface area contributed by atoms with Crippen LogP contribution in [0.1, 0.15) is 108 Å². The van der Waals surface area contributed by atoms with Gasteiger partial charge in [0.05, 0.1) is 11.4 Å². The third-order valence-corrected chi connectivity index (χ3v) is 8.97. The molecule has 0 bridgehead atoms. The SMILES string of the molecule is [2H]C([2H])([2H])c1cc(-c2cccc3c2oc2nc(-c4c(C([2H])(C)C)ccc(-c5ccccc5)c4C([2H])(C)C)ccc23)ncc1C1([2H])CCCCC1. The summed E-state index contributed by atoms with van der Waals surface area (Å²) >= 11 is 0. The Hall–Kier alpha value is -4.24. The number of para-hydroxylation sites is 1. The van der Waals surface area contributed by atoms with Crippen LogP contribution in [0, 0.1) is 6.85 Å². The Bertz CT molecular complexity index is 2220. The van der Waals surface area contributed by atoms with Crippen LogP contribution in [-0.2, 0) is 0 Å². The second-order valence-electron chi connectivity index (χ2n) is 12.4.